The van der Waals surface area contributed by atoms with Gasteiger partial charge in [-0.05, 0) is 64.6 Å². The van der Waals surface area contributed by atoms with E-state index in [2.05, 4.69) is 17.1 Å². The zero-order valence-electron chi connectivity index (χ0n) is 13.2. The smallest absolute Gasteiger partial charge is 0.237 e. The van der Waals surface area contributed by atoms with E-state index < -0.39 is 5.54 Å². The first-order valence-electron chi connectivity index (χ1n) is 8.34. The van der Waals surface area contributed by atoms with Crippen LogP contribution in [-0.2, 0) is 4.79 Å². The number of hydrogen-bond acceptors (Lipinski definition) is 3. The Morgan fingerprint density at radius 1 is 1.35 bits per heavy atom. The molecule has 0 aromatic rings. The Morgan fingerprint density at radius 3 is 2.75 bits per heavy atom. The molecule has 1 aliphatic heterocycles. The monoisotopic (exact) mass is 281 g/mol. The summed E-state index contributed by atoms with van der Waals surface area (Å²) >= 11 is 0. The first-order valence-corrected chi connectivity index (χ1v) is 8.34. The number of rotatable bonds is 5. The maximum Gasteiger partial charge on any atom is 0.237 e. The van der Waals surface area contributed by atoms with Gasteiger partial charge in [0.05, 0.1) is 5.54 Å². The molecule has 3 atom stereocenters. The lowest BCUT2D eigenvalue weighted by Gasteiger charge is -2.30. The molecule has 0 spiro atoms. The Labute approximate surface area is 123 Å². The Bertz CT molecular complexity index is 334. The van der Waals surface area contributed by atoms with E-state index in [9.17, 15) is 4.79 Å². The minimum absolute atomic E-state index is 0.179. The predicted octanol–water partition coefficient (Wildman–Crippen LogP) is 1.88. The van der Waals surface area contributed by atoms with Gasteiger partial charge in [-0.3, -0.25) is 4.79 Å². The molecule has 0 aromatic heterocycles. The van der Waals surface area contributed by atoms with Crippen LogP contribution in [0.1, 0.15) is 58.3 Å². The van der Waals surface area contributed by atoms with Crippen molar-refractivity contribution < 1.29 is 4.79 Å². The highest BCUT2D eigenvalue weighted by molar-refractivity contribution is 5.85. The molecule has 1 heterocycles. The minimum Gasteiger partial charge on any atom is -0.368 e. The summed E-state index contributed by atoms with van der Waals surface area (Å²) in [6.07, 6.45) is 9.57. The molecule has 1 aliphatic carbocycles. The molecule has 1 saturated carbocycles. The number of amides is 1. The van der Waals surface area contributed by atoms with Gasteiger partial charge >= 0.3 is 0 Å². The Morgan fingerprint density at radius 2 is 2.15 bits per heavy atom. The second-order valence-electron chi connectivity index (χ2n) is 6.71. The van der Waals surface area contributed by atoms with Crippen LogP contribution in [0.2, 0.25) is 0 Å². The number of carbonyl (C=O) groups is 1. The van der Waals surface area contributed by atoms with Gasteiger partial charge in [-0.2, -0.15) is 0 Å². The molecule has 20 heavy (non-hydrogen) atoms. The number of nitrogens with zero attached hydrogens (tertiary/aromatic N) is 1. The Balaban J connectivity index is 1.91. The predicted molar refractivity (Wildman–Crippen MR) is 82.4 cm³/mol. The number of hydrogen-bond donors (Lipinski definition) is 2. The molecular formula is C16H31N3O. The first kappa shape index (κ1) is 15.8. The zero-order chi connectivity index (χ0) is 14.6. The lowest BCUT2D eigenvalue weighted by Crippen LogP contribution is -2.53. The van der Waals surface area contributed by atoms with E-state index in [1.807, 2.05) is 7.05 Å². The van der Waals surface area contributed by atoms with Crippen molar-refractivity contribution in [2.45, 2.75) is 69.9 Å². The highest BCUT2D eigenvalue weighted by Gasteiger charge is 2.44. The standard InChI is InChI=1S/C16H31N3O/c1-3-5-13-6-4-10-19(11-8-13)14-7-9-16(12-14,18-2)15(17)20/h13-14,18H,3-12H2,1-2H3,(H2,17,20). The van der Waals surface area contributed by atoms with E-state index >= 15 is 0 Å². The van der Waals surface area contributed by atoms with Crippen molar-refractivity contribution >= 4 is 5.91 Å². The SMILES string of the molecule is CCCC1CCCN(C2CCC(NC)(C(N)=O)C2)CC1. The van der Waals surface area contributed by atoms with Crippen LogP contribution in [0.25, 0.3) is 0 Å². The van der Waals surface area contributed by atoms with Crippen LogP contribution < -0.4 is 11.1 Å². The number of primary amides is 1. The quantitative estimate of drug-likeness (QED) is 0.809. The van der Waals surface area contributed by atoms with Crippen LogP contribution in [0.4, 0.5) is 0 Å². The van der Waals surface area contributed by atoms with Crippen molar-refractivity contribution in [2.75, 3.05) is 20.1 Å². The van der Waals surface area contributed by atoms with Crippen molar-refractivity contribution in [1.82, 2.24) is 10.2 Å². The lowest BCUT2D eigenvalue weighted by molar-refractivity contribution is -0.124. The Hall–Kier alpha value is -0.610. The largest absolute Gasteiger partial charge is 0.368 e. The molecule has 0 bridgehead atoms. The summed E-state index contributed by atoms with van der Waals surface area (Å²) < 4.78 is 0. The molecule has 4 heteroatoms. The molecule has 3 N–H and O–H groups in total. The number of likely N-dealkylation sites (tertiary alicyclic amines) is 1. The third kappa shape index (κ3) is 3.34. The van der Waals surface area contributed by atoms with E-state index in [0.717, 1.165) is 25.2 Å². The summed E-state index contributed by atoms with van der Waals surface area (Å²) in [5, 5.41) is 3.19. The average Bonchev–Trinajstić information content (AvgIpc) is 2.75. The van der Waals surface area contributed by atoms with Gasteiger partial charge in [0.25, 0.3) is 0 Å². The molecular weight excluding hydrogens is 250 g/mol. The van der Waals surface area contributed by atoms with Crippen LogP contribution in [-0.4, -0.2) is 42.5 Å². The van der Waals surface area contributed by atoms with Crippen molar-refractivity contribution in [3.8, 4) is 0 Å². The third-order valence-electron chi connectivity index (χ3n) is 5.53. The van der Waals surface area contributed by atoms with Crippen LogP contribution in [0.3, 0.4) is 0 Å². The highest BCUT2D eigenvalue weighted by atomic mass is 16.1. The fraction of sp³-hybridized carbons (Fsp3) is 0.938. The van der Waals surface area contributed by atoms with Crippen LogP contribution in [0.15, 0.2) is 0 Å². The van der Waals surface area contributed by atoms with Gasteiger partial charge in [0, 0.05) is 6.04 Å². The second kappa shape index (κ2) is 6.90. The molecule has 2 rings (SSSR count). The van der Waals surface area contributed by atoms with Gasteiger partial charge in [0.2, 0.25) is 5.91 Å². The van der Waals surface area contributed by atoms with E-state index in [4.69, 9.17) is 5.73 Å². The third-order valence-corrected chi connectivity index (χ3v) is 5.53. The van der Waals surface area contributed by atoms with E-state index in [0.29, 0.717) is 6.04 Å². The number of nitrogens with two attached hydrogens (primary N) is 1. The summed E-state index contributed by atoms with van der Waals surface area (Å²) in [4.78, 5) is 14.4. The summed E-state index contributed by atoms with van der Waals surface area (Å²) in [5.41, 5.74) is 5.15. The molecule has 2 fully saturated rings. The maximum absolute atomic E-state index is 11.7. The van der Waals surface area contributed by atoms with E-state index in [-0.39, 0.29) is 5.91 Å². The number of nitrogens with one attached hydrogen (secondary N) is 1. The summed E-state index contributed by atoms with van der Waals surface area (Å²) in [7, 11) is 1.87. The summed E-state index contributed by atoms with van der Waals surface area (Å²) in [6, 6.07) is 0.537. The zero-order valence-corrected chi connectivity index (χ0v) is 13.2. The molecule has 4 nitrogen and oxygen atoms in total. The fourth-order valence-electron chi connectivity index (χ4n) is 4.15. The van der Waals surface area contributed by atoms with Gasteiger partial charge in [0.15, 0.2) is 0 Å². The van der Waals surface area contributed by atoms with Crippen molar-refractivity contribution in [1.29, 1.82) is 0 Å². The number of carbonyl (C=O) groups excluding carboxylic acids is 1. The van der Waals surface area contributed by atoms with Gasteiger partial charge in [-0.15, -0.1) is 0 Å². The molecule has 0 radical (unpaired) electrons. The van der Waals surface area contributed by atoms with Gasteiger partial charge < -0.3 is 16.0 Å². The molecule has 2 aliphatic rings. The second-order valence-corrected chi connectivity index (χ2v) is 6.71. The molecule has 116 valence electrons. The summed E-state index contributed by atoms with van der Waals surface area (Å²) in [5.74, 6) is 0.734. The van der Waals surface area contributed by atoms with Crippen LogP contribution >= 0.6 is 0 Å². The number of likely N-dealkylation sites (N-methyl/N-ethyl adjacent to an activating group) is 1. The van der Waals surface area contributed by atoms with Crippen molar-refractivity contribution in [3.05, 3.63) is 0 Å². The molecule has 0 aromatic carbocycles. The first-order chi connectivity index (χ1) is 9.61. The molecule has 1 amide bonds. The van der Waals surface area contributed by atoms with Crippen molar-refractivity contribution in [3.63, 3.8) is 0 Å². The Kier molecular flexibility index (Phi) is 5.44. The minimum atomic E-state index is -0.459. The molecule has 3 unspecified atom stereocenters. The van der Waals surface area contributed by atoms with Gasteiger partial charge in [0.1, 0.15) is 0 Å². The molecule has 1 saturated heterocycles. The van der Waals surface area contributed by atoms with Gasteiger partial charge in [-0.1, -0.05) is 19.8 Å². The average molecular weight is 281 g/mol. The van der Waals surface area contributed by atoms with Crippen LogP contribution in [0.5, 0.6) is 0 Å². The highest BCUT2D eigenvalue weighted by Crippen LogP contribution is 2.34. The topological polar surface area (TPSA) is 58.4 Å². The van der Waals surface area contributed by atoms with Crippen LogP contribution in [0, 0.1) is 5.92 Å². The lowest BCUT2D eigenvalue weighted by atomic mass is 9.96. The normalized spacial score (nSPS) is 35.9. The van der Waals surface area contributed by atoms with Gasteiger partial charge in [-0.25, -0.2) is 0 Å². The van der Waals surface area contributed by atoms with Crippen molar-refractivity contribution in [2.24, 2.45) is 11.7 Å². The van der Waals surface area contributed by atoms with E-state index in [1.54, 1.807) is 0 Å². The van der Waals surface area contributed by atoms with E-state index in [1.165, 1.54) is 45.2 Å². The maximum atomic E-state index is 11.7. The fourth-order valence-corrected chi connectivity index (χ4v) is 4.15. The summed E-state index contributed by atoms with van der Waals surface area (Å²) in [6.45, 7) is 4.69.